The van der Waals surface area contributed by atoms with Crippen LogP contribution in [0.25, 0.3) is 10.9 Å². The maximum absolute atomic E-state index is 13.6. The summed E-state index contributed by atoms with van der Waals surface area (Å²) in [6.07, 6.45) is 5.52. The highest BCUT2D eigenvalue weighted by molar-refractivity contribution is 6.11. The number of aromatic nitrogens is 1. The van der Waals surface area contributed by atoms with Crippen molar-refractivity contribution in [2.45, 2.75) is 26.2 Å². The van der Waals surface area contributed by atoms with Gasteiger partial charge in [-0.3, -0.25) is 14.7 Å². The van der Waals surface area contributed by atoms with E-state index in [-0.39, 0.29) is 5.78 Å². The summed E-state index contributed by atoms with van der Waals surface area (Å²) in [6, 6.07) is 18.4. The maximum Gasteiger partial charge on any atom is 0.196 e. The number of methoxy groups -OCH3 is 2. The first-order valence-electron chi connectivity index (χ1n) is 13.3. The first-order chi connectivity index (χ1) is 19.1. The molecule has 0 unspecified atom stereocenters. The number of carbonyl (C=O) groups is 1. The van der Waals surface area contributed by atoms with Crippen molar-refractivity contribution in [3.63, 3.8) is 0 Å². The van der Waals surface area contributed by atoms with E-state index >= 15 is 0 Å². The molecule has 0 aliphatic carbocycles. The summed E-state index contributed by atoms with van der Waals surface area (Å²) in [5, 5.41) is 0.750. The number of piperidine rings is 1. The molecule has 7 nitrogen and oxygen atoms in total. The standard InChI is InChI=1S/C32H34N2O5/c1-22-7-12-28(39-29-13-14-33-27-21-31(37-3)30(36-2)20-25(27)29)26(19-22)32(35)23-8-10-24(11-9-23)38-18-17-34-15-5-4-6-16-34/h7-14,19-21H,4-6,15-18H2,1-3H3. The Bertz CT molecular complexity index is 1450. The Hall–Kier alpha value is -4.10. The molecule has 1 aliphatic rings. The van der Waals surface area contributed by atoms with Gasteiger partial charge in [-0.15, -0.1) is 0 Å². The summed E-state index contributed by atoms with van der Waals surface area (Å²) >= 11 is 0. The predicted octanol–water partition coefficient (Wildman–Crippen LogP) is 6.45. The summed E-state index contributed by atoms with van der Waals surface area (Å²) in [4.78, 5) is 20.5. The van der Waals surface area contributed by atoms with Crippen LogP contribution in [-0.4, -0.2) is 56.1 Å². The van der Waals surface area contributed by atoms with Crippen molar-refractivity contribution in [3.05, 3.63) is 83.6 Å². The number of ether oxygens (including phenoxy) is 4. The smallest absolute Gasteiger partial charge is 0.196 e. The van der Waals surface area contributed by atoms with Crippen molar-refractivity contribution in [3.8, 4) is 28.7 Å². The lowest BCUT2D eigenvalue weighted by molar-refractivity contribution is 0.103. The van der Waals surface area contributed by atoms with E-state index in [1.807, 2.05) is 55.5 Å². The van der Waals surface area contributed by atoms with Gasteiger partial charge in [0.05, 0.1) is 25.3 Å². The van der Waals surface area contributed by atoms with Gasteiger partial charge in [0.1, 0.15) is 23.9 Å². The topological polar surface area (TPSA) is 70.1 Å². The lowest BCUT2D eigenvalue weighted by atomic mass is 10.0. The van der Waals surface area contributed by atoms with Gasteiger partial charge in [-0.25, -0.2) is 0 Å². The molecule has 3 aromatic carbocycles. The van der Waals surface area contributed by atoms with E-state index in [0.29, 0.717) is 46.2 Å². The number of ketones is 1. The van der Waals surface area contributed by atoms with Gasteiger partial charge in [0.15, 0.2) is 17.3 Å². The molecular weight excluding hydrogens is 492 g/mol. The zero-order valence-corrected chi connectivity index (χ0v) is 22.7. The second kappa shape index (κ2) is 12.2. The second-order valence-electron chi connectivity index (χ2n) is 9.74. The molecule has 0 spiro atoms. The lowest BCUT2D eigenvalue weighted by Gasteiger charge is -2.26. The van der Waals surface area contributed by atoms with E-state index < -0.39 is 0 Å². The Morgan fingerprint density at radius 2 is 1.59 bits per heavy atom. The van der Waals surface area contributed by atoms with Gasteiger partial charge < -0.3 is 18.9 Å². The van der Waals surface area contributed by atoms with Gasteiger partial charge in [-0.1, -0.05) is 18.1 Å². The predicted molar refractivity (Wildman–Crippen MR) is 152 cm³/mol. The number of rotatable bonds is 10. The first kappa shape index (κ1) is 26.5. The molecule has 0 bridgehead atoms. The van der Waals surface area contributed by atoms with Crippen LogP contribution in [-0.2, 0) is 0 Å². The molecule has 202 valence electrons. The van der Waals surface area contributed by atoms with Gasteiger partial charge in [0.25, 0.3) is 0 Å². The Balaban J connectivity index is 1.35. The number of fused-ring (bicyclic) bond motifs is 1. The van der Waals surface area contributed by atoms with Gasteiger partial charge in [0, 0.05) is 29.8 Å². The van der Waals surface area contributed by atoms with Crippen LogP contribution in [0.3, 0.4) is 0 Å². The molecule has 1 saturated heterocycles. The molecule has 0 atom stereocenters. The number of benzene rings is 3. The van der Waals surface area contributed by atoms with Crippen molar-refractivity contribution >= 4 is 16.7 Å². The molecule has 1 aliphatic heterocycles. The highest BCUT2D eigenvalue weighted by Gasteiger charge is 2.18. The van der Waals surface area contributed by atoms with Crippen LogP contribution in [0.1, 0.15) is 40.7 Å². The molecule has 0 radical (unpaired) electrons. The largest absolute Gasteiger partial charge is 0.493 e. The fourth-order valence-electron chi connectivity index (χ4n) is 4.90. The number of likely N-dealkylation sites (tertiary alicyclic amines) is 1. The number of hydrogen-bond donors (Lipinski definition) is 0. The van der Waals surface area contributed by atoms with E-state index in [4.69, 9.17) is 18.9 Å². The highest BCUT2D eigenvalue weighted by atomic mass is 16.5. The summed E-state index contributed by atoms with van der Waals surface area (Å²) < 4.78 is 23.2. The third-order valence-electron chi connectivity index (χ3n) is 7.05. The van der Waals surface area contributed by atoms with Crippen molar-refractivity contribution in [2.24, 2.45) is 0 Å². The monoisotopic (exact) mass is 526 g/mol. The maximum atomic E-state index is 13.6. The van der Waals surface area contributed by atoms with Crippen LogP contribution in [0.2, 0.25) is 0 Å². The fourth-order valence-corrected chi connectivity index (χ4v) is 4.90. The highest BCUT2D eigenvalue weighted by Crippen LogP contribution is 2.38. The third kappa shape index (κ3) is 6.15. The number of carbonyl (C=O) groups excluding carboxylic acids is 1. The Kier molecular flexibility index (Phi) is 8.27. The van der Waals surface area contributed by atoms with Gasteiger partial charge >= 0.3 is 0 Å². The van der Waals surface area contributed by atoms with E-state index in [1.165, 1.54) is 19.3 Å². The molecular formula is C32H34N2O5. The zero-order chi connectivity index (χ0) is 27.2. The van der Waals surface area contributed by atoms with E-state index in [0.717, 1.165) is 36.3 Å². The molecule has 0 N–H and O–H groups in total. The third-order valence-corrected chi connectivity index (χ3v) is 7.05. The average molecular weight is 527 g/mol. The normalized spacial score (nSPS) is 13.7. The van der Waals surface area contributed by atoms with Crippen molar-refractivity contribution in [2.75, 3.05) is 40.5 Å². The molecule has 5 rings (SSSR count). The van der Waals surface area contributed by atoms with Crippen LogP contribution in [0.4, 0.5) is 0 Å². The van der Waals surface area contributed by atoms with Crippen LogP contribution < -0.4 is 18.9 Å². The van der Waals surface area contributed by atoms with E-state index in [1.54, 1.807) is 32.5 Å². The average Bonchev–Trinajstić information content (AvgIpc) is 2.98. The zero-order valence-electron chi connectivity index (χ0n) is 22.7. The fraction of sp³-hybridized carbons (Fsp3) is 0.312. The molecule has 2 heterocycles. The van der Waals surface area contributed by atoms with Crippen LogP contribution >= 0.6 is 0 Å². The van der Waals surface area contributed by atoms with Crippen molar-refractivity contribution < 1.29 is 23.7 Å². The minimum Gasteiger partial charge on any atom is -0.493 e. The SMILES string of the molecule is COc1cc2nccc(Oc3ccc(C)cc3C(=O)c3ccc(OCCN4CCCCC4)cc3)c2cc1OC. The van der Waals surface area contributed by atoms with Gasteiger partial charge in [-0.2, -0.15) is 0 Å². The van der Waals surface area contributed by atoms with Gasteiger partial charge in [-0.05, 0) is 81.4 Å². The Labute approximate surface area is 229 Å². The molecule has 4 aromatic rings. The van der Waals surface area contributed by atoms with Crippen LogP contribution in [0, 0.1) is 6.92 Å². The van der Waals surface area contributed by atoms with Crippen molar-refractivity contribution in [1.82, 2.24) is 9.88 Å². The summed E-state index contributed by atoms with van der Waals surface area (Å²) in [7, 11) is 3.17. The van der Waals surface area contributed by atoms with E-state index in [2.05, 4.69) is 9.88 Å². The quantitative estimate of drug-likeness (QED) is 0.220. The molecule has 0 amide bonds. The molecule has 7 heteroatoms. The van der Waals surface area contributed by atoms with Crippen LogP contribution in [0.15, 0.2) is 66.9 Å². The number of aryl methyl sites for hydroxylation is 1. The van der Waals surface area contributed by atoms with Gasteiger partial charge in [0.2, 0.25) is 0 Å². The molecule has 1 fully saturated rings. The lowest BCUT2D eigenvalue weighted by Crippen LogP contribution is -2.33. The molecule has 39 heavy (non-hydrogen) atoms. The van der Waals surface area contributed by atoms with E-state index in [9.17, 15) is 4.79 Å². The number of pyridine rings is 1. The summed E-state index contributed by atoms with van der Waals surface area (Å²) in [5.41, 5.74) is 2.72. The number of nitrogens with zero attached hydrogens (tertiary/aromatic N) is 2. The second-order valence-corrected chi connectivity index (χ2v) is 9.74. The first-order valence-corrected chi connectivity index (χ1v) is 13.3. The number of hydrogen-bond acceptors (Lipinski definition) is 7. The molecule has 1 aromatic heterocycles. The summed E-state index contributed by atoms with van der Waals surface area (Å²) in [5.74, 6) is 2.83. The minimum absolute atomic E-state index is 0.119. The Morgan fingerprint density at radius 3 is 2.33 bits per heavy atom. The summed E-state index contributed by atoms with van der Waals surface area (Å²) in [6.45, 7) is 5.81. The Morgan fingerprint density at radius 1 is 0.846 bits per heavy atom. The van der Waals surface area contributed by atoms with Crippen LogP contribution in [0.5, 0.6) is 28.7 Å². The minimum atomic E-state index is -0.119. The molecule has 0 saturated carbocycles. The van der Waals surface area contributed by atoms with Crippen molar-refractivity contribution in [1.29, 1.82) is 0 Å².